The van der Waals surface area contributed by atoms with Crippen molar-refractivity contribution in [1.29, 1.82) is 0 Å². The second-order valence-electron chi connectivity index (χ2n) is 2.14. The van der Waals surface area contributed by atoms with Gasteiger partial charge in [-0.1, -0.05) is 15.9 Å². The lowest BCUT2D eigenvalue weighted by atomic mass is 10.4. The maximum absolute atomic E-state index is 11.1. The molecule has 1 N–H and O–H groups in total. The van der Waals surface area contributed by atoms with Crippen LogP contribution in [0.2, 0.25) is 0 Å². The topological polar surface area (TPSA) is 46.5 Å². The minimum absolute atomic E-state index is 0.172. The Kier molecular flexibility index (Phi) is 2.70. The average molecular weight is 231 g/mol. The molecular weight excluding hydrogens is 224 g/mol. The van der Waals surface area contributed by atoms with Crippen molar-refractivity contribution in [3.8, 4) is 11.5 Å². The van der Waals surface area contributed by atoms with Crippen LogP contribution in [0.15, 0.2) is 27.5 Å². The van der Waals surface area contributed by atoms with E-state index in [4.69, 9.17) is 4.74 Å². The summed E-state index contributed by atoms with van der Waals surface area (Å²) in [5.74, 6) is -0.200. The number of halogens is 1. The highest BCUT2D eigenvalue weighted by Gasteiger charge is 2.02. The van der Waals surface area contributed by atoms with Crippen molar-refractivity contribution in [2.45, 2.75) is 0 Å². The zero-order valence-corrected chi connectivity index (χ0v) is 7.96. The van der Waals surface area contributed by atoms with Crippen LogP contribution in [0.1, 0.15) is 0 Å². The fraction of sp³-hybridized carbons (Fsp3) is 0.125. The Morgan fingerprint density at radius 2 is 2.17 bits per heavy atom. The highest BCUT2D eigenvalue weighted by atomic mass is 79.9. The third-order valence-electron chi connectivity index (χ3n) is 1.35. The van der Waals surface area contributed by atoms with Crippen molar-refractivity contribution < 1.29 is 9.84 Å². The molecule has 12 heavy (non-hydrogen) atoms. The molecule has 0 bridgehead atoms. The molecule has 0 saturated carbocycles. The van der Waals surface area contributed by atoms with Crippen LogP contribution in [-0.2, 0) is 0 Å². The summed E-state index contributed by atoms with van der Waals surface area (Å²) >= 11 is 3.12. The van der Waals surface area contributed by atoms with Crippen LogP contribution >= 0.6 is 15.9 Å². The quantitative estimate of drug-likeness (QED) is 0.796. The molecule has 0 fully saturated rings. The van der Waals surface area contributed by atoms with Crippen LogP contribution in [0.25, 0.3) is 0 Å². The molecule has 0 aromatic heterocycles. The first kappa shape index (κ1) is 9.06. The number of hydrogen-bond acceptors (Lipinski definition) is 3. The Bertz CT molecular complexity index is 349. The minimum atomic E-state index is -0.469. The highest BCUT2D eigenvalue weighted by Crippen LogP contribution is 2.20. The van der Waals surface area contributed by atoms with Gasteiger partial charge in [-0.15, -0.1) is 0 Å². The standard InChI is InChI=1S/C8H7BrO3/c1-12-7-3-2-5(9)4-6(10)8(7)11/h2-4H,1H3,(H,10,11). The van der Waals surface area contributed by atoms with Crippen LogP contribution in [0.3, 0.4) is 0 Å². The Labute approximate surface area is 77.7 Å². The van der Waals surface area contributed by atoms with E-state index in [2.05, 4.69) is 15.9 Å². The number of rotatable bonds is 1. The Morgan fingerprint density at radius 3 is 2.75 bits per heavy atom. The molecule has 1 aromatic rings. The summed E-state index contributed by atoms with van der Waals surface area (Å²) in [5, 5.41) is 9.22. The first-order chi connectivity index (χ1) is 5.65. The van der Waals surface area contributed by atoms with Gasteiger partial charge >= 0.3 is 0 Å². The van der Waals surface area contributed by atoms with Crippen molar-refractivity contribution in [1.82, 2.24) is 0 Å². The van der Waals surface area contributed by atoms with Gasteiger partial charge in [0.15, 0.2) is 5.75 Å². The SMILES string of the molecule is COc1ccc(Br)cc(=O)c1O. The maximum atomic E-state index is 11.1. The predicted octanol–water partition coefficient (Wildman–Crippen LogP) is 1.52. The largest absolute Gasteiger partial charge is 0.502 e. The van der Waals surface area contributed by atoms with Crippen molar-refractivity contribution in [3.63, 3.8) is 0 Å². The molecule has 0 amide bonds. The Morgan fingerprint density at radius 1 is 1.50 bits per heavy atom. The molecule has 3 nitrogen and oxygen atoms in total. The predicted molar refractivity (Wildman–Crippen MR) is 48.6 cm³/mol. The van der Waals surface area contributed by atoms with E-state index in [9.17, 15) is 9.90 Å². The third-order valence-corrected chi connectivity index (χ3v) is 1.84. The molecular formula is C8H7BrO3. The lowest BCUT2D eigenvalue weighted by Gasteiger charge is -1.95. The van der Waals surface area contributed by atoms with E-state index >= 15 is 0 Å². The van der Waals surface area contributed by atoms with Crippen molar-refractivity contribution in [2.24, 2.45) is 0 Å². The number of aromatic hydroxyl groups is 1. The Hall–Kier alpha value is -1.03. The van der Waals surface area contributed by atoms with E-state index in [1.807, 2.05) is 0 Å². The smallest absolute Gasteiger partial charge is 0.225 e. The van der Waals surface area contributed by atoms with Gasteiger partial charge in [-0.25, -0.2) is 0 Å². The number of ether oxygens (including phenoxy) is 1. The first-order valence-electron chi connectivity index (χ1n) is 3.22. The number of hydrogen-bond donors (Lipinski definition) is 1. The zero-order chi connectivity index (χ0) is 9.14. The van der Waals surface area contributed by atoms with Gasteiger partial charge in [0.25, 0.3) is 0 Å². The van der Waals surface area contributed by atoms with Gasteiger partial charge in [-0.3, -0.25) is 4.79 Å². The Balaban J connectivity index is 3.48. The fourth-order valence-corrected chi connectivity index (χ4v) is 1.10. The molecule has 1 aromatic carbocycles. The van der Waals surface area contributed by atoms with Gasteiger partial charge in [0.2, 0.25) is 11.2 Å². The molecule has 1 rings (SSSR count). The van der Waals surface area contributed by atoms with E-state index < -0.39 is 5.43 Å². The van der Waals surface area contributed by atoms with Crippen LogP contribution in [0.5, 0.6) is 11.5 Å². The molecule has 0 unspecified atom stereocenters. The van der Waals surface area contributed by atoms with Gasteiger partial charge in [0, 0.05) is 10.5 Å². The zero-order valence-electron chi connectivity index (χ0n) is 6.37. The summed E-state index contributed by atoms with van der Waals surface area (Å²) in [4.78, 5) is 11.1. The molecule has 0 saturated heterocycles. The lowest BCUT2D eigenvalue weighted by Crippen LogP contribution is -1.95. The molecule has 64 valence electrons. The lowest BCUT2D eigenvalue weighted by molar-refractivity contribution is 0.372. The summed E-state index contributed by atoms with van der Waals surface area (Å²) in [6.45, 7) is 0. The number of methoxy groups -OCH3 is 1. The second kappa shape index (κ2) is 3.58. The normalized spacial score (nSPS) is 9.50. The average Bonchev–Trinajstić information content (AvgIpc) is 2.14. The maximum Gasteiger partial charge on any atom is 0.225 e. The van der Waals surface area contributed by atoms with Crippen LogP contribution in [0, 0.1) is 0 Å². The molecule has 0 aliphatic carbocycles. The van der Waals surface area contributed by atoms with Gasteiger partial charge in [-0.2, -0.15) is 0 Å². The summed E-state index contributed by atoms with van der Waals surface area (Å²) in [5.41, 5.74) is -0.469. The minimum Gasteiger partial charge on any atom is -0.502 e. The van der Waals surface area contributed by atoms with Crippen molar-refractivity contribution >= 4 is 15.9 Å². The fourth-order valence-electron chi connectivity index (χ4n) is 0.762. The van der Waals surface area contributed by atoms with E-state index in [-0.39, 0.29) is 11.5 Å². The second-order valence-corrected chi connectivity index (χ2v) is 3.06. The molecule has 0 aliphatic rings. The van der Waals surface area contributed by atoms with Gasteiger partial charge in [0.1, 0.15) is 0 Å². The molecule has 0 aliphatic heterocycles. The van der Waals surface area contributed by atoms with Crippen LogP contribution in [0.4, 0.5) is 0 Å². The monoisotopic (exact) mass is 230 g/mol. The highest BCUT2D eigenvalue weighted by molar-refractivity contribution is 9.10. The van der Waals surface area contributed by atoms with Crippen molar-refractivity contribution in [3.05, 3.63) is 32.9 Å². The van der Waals surface area contributed by atoms with Crippen LogP contribution < -0.4 is 10.2 Å². The van der Waals surface area contributed by atoms with E-state index in [0.29, 0.717) is 4.47 Å². The molecule has 0 heterocycles. The van der Waals surface area contributed by atoms with Gasteiger partial charge in [0.05, 0.1) is 7.11 Å². The summed E-state index contributed by atoms with van der Waals surface area (Å²) in [6, 6.07) is 4.42. The summed E-state index contributed by atoms with van der Waals surface area (Å²) in [7, 11) is 1.39. The van der Waals surface area contributed by atoms with E-state index in [1.54, 1.807) is 6.07 Å². The molecule has 0 radical (unpaired) electrons. The third kappa shape index (κ3) is 1.76. The molecule has 0 atom stereocenters. The van der Waals surface area contributed by atoms with Gasteiger partial charge < -0.3 is 9.84 Å². The summed E-state index contributed by atoms with van der Waals surface area (Å²) in [6.07, 6.45) is 0. The van der Waals surface area contributed by atoms with Crippen LogP contribution in [-0.4, -0.2) is 12.2 Å². The molecule has 0 spiro atoms. The molecule has 4 heteroatoms. The van der Waals surface area contributed by atoms with E-state index in [1.165, 1.54) is 19.2 Å². The first-order valence-corrected chi connectivity index (χ1v) is 4.01. The van der Waals surface area contributed by atoms with Gasteiger partial charge in [-0.05, 0) is 12.1 Å². The summed E-state index contributed by atoms with van der Waals surface area (Å²) < 4.78 is 5.37. The van der Waals surface area contributed by atoms with E-state index in [0.717, 1.165) is 0 Å². The van der Waals surface area contributed by atoms with Crippen molar-refractivity contribution in [2.75, 3.05) is 7.11 Å².